The summed E-state index contributed by atoms with van der Waals surface area (Å²) in [5.41, 5.74) is 5.32. The minimum Gasteiger partial charge on any atom is -0.481 e. The lowest BCUT2D eigenvalue weighted by Crippen LogP contribution is -2.55. The second-order valence-corrected chi connectivity index (χ2v) is 5.21. The summed E-state index contributed by atoms with van der Waals surface area (Å²) in [6, 6.07) is 0. The highest BCUT2D eigenvalue weighted by molar-refractivity contribution is 5.68. The lowest BCUT2D eigenvalue weighted by Gasteiger charge is -2.48. The highest BCUT2D eigenvalue weighted by Gasteiger charge is 2.46. The fraction of sp³-hybridized carbons (Fsp3) is 0.909. The van der Waals surface area contributed by atoms with Gasteiger partial charge in [0, 0.05) is 17.6 Å². The molecule has 15 heavy (non-hydrogen) atoms. The van der Waals surface area contributed by atoms with Crippen molar-refractivity contribution in [3.05, 3.63) is 0 Å². The van der Waals surface area contributed by atoms with E-state index in [4.69, 9.17) is 15.6 Å². The van der Waals surface area contributed by atoms with Gasteiger partial charge in [0.15, 0.2) is 0 Å². The number of nitrogens with two attached hydrogens (primary N) is 1. The first-order valence-corrected chi connectivity index (χ1v) is 5.39. The largest absolute Gasteiger partial charge is 0.481 e. The second-order valence-electron chi connectivity index (χ2n) is 5.21. The minimum atomic E-state index is -0.775. The third-order valence-corrected chi connectivity index (χ3v) is 3.52. The Bertz CT molecular complexity index is 247. The molecular formula is C11H21NO3. The number of carbonyl (C=O) groups is 1. The molecule has 0 aromatic heterocycles. The van der Waals surface area contributed by atoms with Gasteiger partial charge >= 0.3 is 5.97 Å². The summed E-state index contributed by atoms with van der Waals surface area (Å²) in [5, 5.41) is 8.98. The van der Waals surface area contributed by atoms with Crippen LogP contribution in [0, 0.1) is 5.41 Å². The number of carboxylic acids is 1. The molecule has 1 aliphatic rings. The van der Waals surface area contributed by atoms with Crippen LogP contribution in [-0.4, -0.2) is 29.3 Å². The minimum absolute atomic E-state index is 0.0981. The molecule has 1 saturated heterocycles. The first-order valence-electron chi connectivity index (χ1n) is 5.39. The molecule has 0 bridgehead atoms. The van der Waals surface area contributed by atoms with E-state index >= 15 is 0 Å². The van der Waals surface area contributed by atoms with E-state index in [0.29, 0.717) is 6.61 Å². The fourth-order valence-corrected chi connectivity index (χ4v) is 2.43. The molecule has 0 radical (unpaired) electrons. The van der Waals surface area contributed by atoms with Crippen molar-refractivity contribution in [2.75, 3.05) is 6.61 Å². The van der Waals surface area contributed by atoms with E-state index in [2.05, 4.69) is 0 Å². The average Bonchev–Trinajstić information content (AvgIpc) is 2.00. The van der Waals surface area contributed by atoms with E-state index in [1.165, 1.54) is 0 Å². The Labute approximate surface area is 90.8 Å². The van der Waals surface area contributed by atoms with Crippen LogP contribution in [0.25, 0.3) is 0 Å². The van der Waals surface area contributed by atoms with Gasteiger partial charge in [-0.25, -0.2) is 0 Å². The Morgan fingerprint density at radius 2 is 2.27 bits per heavy atom. The van der Waals surface area contributed by atoms with Crippen molar-refractivity contribution in [2.45, 2.75) is 51.7 Å². The summed E-state index contributed by atoms with van der Waals surface area (Å²) in [4.78, 5) is 10.9. The Morgan fingerprint density at radius 1 is 1.67 bits per heavy atom. The molecule has 2 atom stereocenters. The molecule has 2 unspecified atom stereocenters. The quantitative estimate of drug-likeness (QED) is 0.746. The Morgan fingerprint density at radius 3 is 2.67 bits per heavy atom. The predicted octanol–water partition coefficient (Wildman–Crippen LogP) is 1.38. The molecule has 0 saturated carbocycles. The number of rotatable bonds is 3. The van der Waals surface area contributed by atoms with E-state index in [1.54, 1.807) is 0 Å². The summed E-state index contributed by atoms with van der Waals surface area (Å²) in [5.74, 6) is -0.775. The molecule has 0 aromatic carbocycles. The van der Waals surface area contributed by atoms with Crippen LogP contribution < -0.4 is 5.73 Å². The second kappa shape index (κ2) is 4.10. The molecule has 0 amide bonds. The van der Waals surface area contributed by atoms with Crippen LogP contribution in [0.4, 0.5) is 0 Å². The fourth-order valence-electron chi connectivity index (χ4n) is 2.43. The van der Waals surface area contributed by atoms with Crippen LogP contribution in [0.3, 0.4) is 0 Å². The molecule has 1 rings (SSSR count). The highest BCUT2D eigenvalue weighted by atomic mass is 16.5. The molecule has 0 aliphatic carbocycles. The number of carboxylic acid groups (broad SMARTS) is 1. The first kappa shape index (κ1) is 12.5. The zero-order valence-corrected chi connectivity index (χ0v) is 9.75. The van der Waals surface area contributed by atoms with Crippen LogP contribution in [0.2, 0.25) is 0 Å². The van der Waals surface area contributed by atoms with E-state index in [9.17, 15) is 4.79 Å². The molecule has 0 aromatic rings. The van der Waals surface area contributed by atoms with Crippen molar-refractivity contribution in [2.24, 2.45) is 11.1 Å². The van der Waals surface area contributed by atoms with Gasteiger partial charge in [0.1, 0.15) is 0 Å². The highest BCUT2D eigenvalue weighted by Crippen LogP contribution is 2.44. The number of hydrogen-bond donors (Lipinski definition) is 2. The molecular weight excluding hydrogens is 194 g/mol. The maximum absolute atomic E-state index is 10.9. The predicted molar refractivity (Wildman–Crippen MR) is 57.6 cm³/mol. The van der Waals surface area contributed by atoms with Crippen molar-refractivity contribution in [3.63, 3.8) is 0 Å². The zero-order chi connectivity index (χ0) is 11.7. The monoisotopic (exact) mass is 215 g/mol. The Balaban J connectivity index is 2.90. The van der Waals surface area contributed by atoms with Gasteiger partial charge in [-0.2, -0.15) is 0 Å². The van der Waals surface area contributed by atoms with E-state index in [1.807, 2.05) is 20.8 Å². The molecule has 1 heterocycles. The Kier molecular flexibility index (Phi) is 3.41. The summed E-state index contributed by atoms with van der Waals surface area (Å²) in [6.45, 7) is 6.40. The van der Waals surface area contributed by atoms with Crippen molar-refractivity contribution in [3.8, 4) is 0 Å². The third kappa shape index (κ3) is 2.69. The van der Waals surface area contributed by atoms with Crippen molar-refractivity contribution >= 4 is 5.97 Å². The normalized spacial score (nSPS) is 32.7. The smallest absolute Gasteiger partial charge is 0.303 e. The van der Waals surface area contributed by atoms with Gasteiger partial charge in [-0.3, -0.25) is 4.79 Å². The topological polar surface area (TPSA) is 72.5 Å². The van der Waals surface area contributed by atoms with E-state index in [-0.39, 0.29) is 17.9 Å². The van der Waals surface area contributed by atoms with Gasteiger partial charge in [-0.05, 0) is 33.6 Å². The molecule has 3 N–H and O–H groups in total. The third-order valence-electron chi connectivity index (χ3n) is 3.52. The van der Waals surface area contributed by atoms with Gasteiger partial charge in [0.05, 0.1) is 12.5 Å². The maximum Gasteiger partial charge on any atom is 0.303 e. The lowest BCUT2D eigenvalue weighted by molar-refractivity contribution is -0.145. The SMILES string of the molecule is CC1CC(CC(=O)O)(C(C)(C)N)CCO1. The number of hydrogen-bond acceptors (Lipinski definition) is 3. The van der Waals surface area contributed by atoms with Crippen LogP contribution in [0.5, 0.6) is 0 Å². The molecule has 1 fully saturated rings. The number of aliphatic carboxylic acids is 1. The van der Waals surface area contributed by atoms with Gasteiger partial charge in [-0.1, -0.05) is 0 Å². The van der Waals surface area contributed by atoms with Gasteiger partial charge in [0.25, 0.3) is 0 Å². The average molecular weight is 215 g/mol. The molecule has 4 nitrogen and oxygen atoms in total. The first-order chi connectivity index (χ1) is 6.77. The van der Waals surface area contributed by atoms with Gasteiger partial charge in [0.2, 0.25) is 0 Å². The summed E-state index contributed by atoms with van der Waals surface area (Å²) >= 11 is 0. The van der Waals surface area contributed by atoms with Crippen LogP contribution in [-0.2, 0) is 9.53 Å². The van der Waals surface area contributed by atoms with Crippen molar-refractivity contribution < 1.29 is 14.6 Å². The Hall–Kier alpha value is -0.610. The van der Waals surface area contributed by atoms with Crippen LogP contribution in [0.1, 0.15) is 40.0 Å². The molecule has 4 heteroatoms. The maximum atomic E-state index is 10.9. The van der Waals surface area contributed by atoms with E-state index in [0.717, 1.165) is 12.8 Å². The summed E-state index contributed by atoms with van der Waals surface area (Å²) < 4.78 is 5.46. The zero-order valence-electron chi connectivity index (χ0n) is 9.75. The number of ether oxygens (including phenoxy) is 1. The summed E-state index contributed by atoms with van der Waals surface area (Å²) in [6.07, 6.45) is 1.68. The van der Waals surface area contributed by atoms with Gasteiger partial charge < -0.3 is 15.6 Å². The summed E-state index contributed by atoms with van der Waals surface area (Å²) in [7, 11) is 0. The molecule has 0 spiro atoms. The lowest BCUT2D eigenvalue weighted by atomic mass is 9.63. The molecule has 88 valence electrons. The van der Waals surface area contributed by atoms with Crippen molar-refractivity contribution in [1.29, 1.82) is 0 Å². The standard InChI is InChI=1S/C11H21NO3/c1-8-6-11(4-5-15-8,7-9(13)14)10(2,3)12/h8H,4-7,12H2,1-3H3,(H,13,14). The van der Waals surface area contributed by atoms with Crippen molar-refractivity contribution in [1.82, 2.24) is 0 Å². The van der Waals surface area contributed by atoms with Gasteiger partial charge in [-0.15, -0.1) is 0 Å². The molecule has 1 aliphatic heterocycles. The van der Waals surface area contributed by atoms with Crippen LogP contribution in [0.15, 0.2) is 0 Å². The van der Waals surface area contributed by atoms with E-state index < -0.39 is 11.5 Å². The van der Waals surface area contributed by atoms with Crippen LogP contribution >= 0.6 is 0 Å².